The van der Waals surface area contributed by atoms with Gasteiger partial charge in [0.15, 0.2) is 6.10 Å². The number of fused-ring (bicyclic) bond motifs is 1. The third-order valence-corrected chi connectivity index (χ3v) is 3.73. The van der Waals surface area contributed by atoms with Crippen molar-refractivity contribution < 1.29 is 19.6 Å². The summed E-state index contributed by atoms with van der Waals surface area (Å²) >= 11 is 0. The van der Waals surface area contributed by atoms with Gasteiger partial charge in [-0.2, -0.15) is 0 Å². The number of ether oxygens (including phenoxy) is 1. The Morgan fingerprint density at radius 2 is 2.09 bits per heavy atom. The Labute approximate surface area is 131 Å². The second-order valence-corrected chi connectivity index (χ2v) is 5.35. The first kappa shape index (κ1) is 14.8. The van der Waals surface area contributed by atoms with Crippen LogP contribution in [0.3, 0.4) is 0 Å². The van der Waals surface area contributed by atoms with E-state index in [1.807, 2.05) is 6.92 Å². The quantitative estimate of drug-likeness (QED) is 0.669. The number of nitrogens with one attached hydrogen (secondary N) is 1. The molecule has 1 atom stereocenters. The zero-order valence-electron chi connectivity index (χ0n) is 12.3. The number of nitro groups is 1. The Hall–Kier alpha value is -3.09. The average Bonchev–Trinajstić information content (AvgIpc) is 2.50. The molecular weight excluding hydrogens is 300 g/mol. The Morgan fingerprint density at radius 3 is 2.83 bits per heavy atom. The molecule has 1 unspecified atom stereocenters. The fourth-order valence-corrected chi connectivity index (χ4v) is 2.46. The van der Waals surface area contributed by atoms with Gasteiger partial charge in [-0.3, -0.25) is 14.9 Å². The molecule has 23 heavy (non-hydrogen) atoms. The normalized spacial score (nSPS) is 16.2. The number of hydrogen-bond acceptors (Lipinski definition) is 5. The molecule has 2 N–H and O–H groups in total. The second-order valence-electron chi connectivity index (χ2n) is 5.35. The van der Waals surface area contributed by atoms with Crippen molar-refractivity contribution in [3.8, 4) is 11.5 Å². The number of carbonyl (C=O) groups excluding carboxylic acids is 1. The molecule has 7 nitrogen and oxygen atoms in total. The lowest BCUT2D eigenvalue weighted by Crippen LogP contribution is -2.38. The maximum absolute atomic E-state index is 12.2. The summed E-state index contributed by atoms with van der Waals surface area (Å²) in [4.78, 5) is 22.6. The van der Waals surface area contributed by atoms with Crippen molar-refractivity contribution in [2.24, 2.45) is 0 Å². The predicted octanol–water partition coefficient (Wildman–Crippen LogP) is 2.55. The van der Waals surface area contributed by atoms with Gasteiger partial charge in [0.2, 0.25) is 0 Å². The van der Waals surface area contributed by atoms with Crippen LogP contribution in [-0.4, -0.2) is 22.0 Å². The number of carbonyl (C=O) groups is 1. The molecule has 1 aliphatic heterocycles. The van der Waals surface area contributed by atoms with Crippen LogP contribution in [0.4, 0.5) is 11.4 Å². The summed E-state index contributed by atoms with van der Waals surface area (Å²) in [5, 5.41) is 23.0. The summed E-state index contributed by atoms with van der Waals surface area (Å²) in [5.41, 5.74) is 1.92. The van der Waals surface area contributed by atoms with Crippen LogP contribution < -0.4 is 10.1 Å². The Balaban J connectivity index is 1.86. The molecule has 7 heteroatoms. The van der Waals surface area contributed by atoms with Gasteiger partial charge in [-0.25, -0.2) is 0 Å². The predicted molar refractivity (Wildman–Crippen MR) is 82.7 cm³/mol. The summed E-state index contributed by atoms with van der Waals surface area (Å²) in [5.74, 6) is 0.130. The number of aromatic hydroxyl groups is 1. The fourth-order valence-electron chi connectivity index (χ4n) is 2.46. The van der Waals surface area contributed by atoms with E-state index in [1.165, 1.54) is 24.3 Å². The van der Waals surface area contributed by atoms with Crippen LogP contribution in [0.2, 0.25) is 0 Å². The maximum Gasteiger partial charge on any atom is 0.269 e. The van der Waals surface area contributed by atoms with E-state index in [2.05, 4.69) is 5.32 Å². The van der Waals surface area contributed by atoms with Gasteiger partial charge in [-0.1, -0.05) is 6.07 Å². The van der Waals surface area contributed by atoms with Gasteiger partial charge in [0, 0.05) is 24.6 Å². The van der Waals surface area contributed by atoms with Crippen molar-refractivity contribution in [2.45, 2.75) is 19.4 Å². The van der Waals surface area contributed by atoms with Crippen LogP contribution in [0.5, 0.6) is 11.5 Å². The maximum atomic E-state index is 12.2. The number of nitro benzene ring substituents is 1. The van der Waals surface area contributed by atoms with E-state index >= 15 is 0 Å². The monoisotopic (exact) mass is 314 g/mol. The lowest BCUT2D eigenvalue weighted by atomic mass is 10.0. The number of benzene rings is 2. The molecule has 0 saturated carbocycles. The standard InChI is InChI=1S/C16H14N2O5/c1-9-2-3-11(18(21)22)6-10(9)7-15-16(20)17-13-8-12(19)4-5-14(13)23-15/h2-6,8,15,19H,7H2,1H3,(H,17,20). The minimum Gasteiger partial charge on any atom is -0.508 e. The van der Waals surface area contributed by atoms with Crippen molar-refractivity contribution >= 4 is 17.3 Å². The number of nitrogens with zero attached hydrogens (tertiary/aromatic N) is 1. The second kappa shape index (κ2) is 5.60. The average molecular weight is 314 g/mol. The minimum atomic E-state index is -0.784. The van der Waals surface area contributed by atoms with Crippen LogP contribution in [0.25, 0.3) is 0 Å². The number of phenols is 1. The lowest BCUT2D eigenvalue weighted by molar-refractivity contribution is -0.384. The Kier molecular flexibility index (Phi) is 3.61. The topological polar surface area (TPSA) is 102 Å². The summed E-state index contributed by atoms with van der Waals surface area (Å²) in [6.07, 6.45) is -0.563. The molecule has 1 aliphatic rings. The molecule has 2 aromatic carbocycles. The van der Waals surface area contributed by atoms with Gasteiger partial charge in [-0.05, 0) is 30.2 Å². The van der Waals surface area contributed by atoms with Crippen LogP contribution >= 0.6 is 0 Å². The first-order valence-corrected chi connectivity index (χ1v) is 6.98. The molecule has 1 amide bonds. The van der Waals surface area contributed by atoms with Gasteiger partial charge in [0.25, 0.3) is 11.6 Å². The van der Waals surface area contributed by atoms with Crippen molar-refractivity contribution in [2.75, 3.05) is 5.32 Å². The number of phenolic OH excluding ortho intramolecular Hbond substituents is 1. The molecular formula is C16H14N2O5. The van der Waals surface area contributed by atoms with Gasteiger partial charge >= 0.3 is 0 Å². The van der Waals surface area contributed by atoms with Gasteiger partial charge in [0.1, 0.15) is 11.5 Å². The SMILES string of the molecule is Cc1ccc([N+](=O)[O-])cc1CC1Oc2ccc(O)cc2NC1=O. The zero-order valence-corrected chi connectivity index (χ0v) is 12.3. The molecule has 0 saturated heterocycles. The summed E-state index contributed by atoms with van der Waals surface area (Å²) in [6, 6.07) is 8.97. The van der Waals surface area contributed by atoms with E-state index in [4.69, 9.17) is 4.74 Å². The first-order chi connectivity index (χ1) is 10.9. The summed E-state index contributed by atoms with van der Waals surface area (Å²) < 4.78 is 5.67. The molecule has 1 heterocycles. The largest absolute Gasteiger partial charge is 0.508 e. The molecule has 0 aromatic heterocycles. The number of aryl methyl sites for hydroxylation is 1. The molecule has 0 fully saturated rings. The van der Waals surface area contributed by atoms with Crippen LogP contribution in [-0.2, 0) is 11.2 Å². The van der Waals surface area contributed by atoms with Crippen LogP contribution in [0, 0.1) is 17.0 Å². The molecule has 2 aromatic rings. The van der Waals surface area contributed by atoms with Crippen molar-refractivity contribution in [3.05, 3.63) is 57.6 Å². The van der Waals surface area contributed by atoms with Gasteiger partial charge < -0.3 is 15.2 Å². The van der Waals surface area contributed by atoms with Crippen molar-refractivity contribution in [1.29, 1.82) is 0 Å². The number of hydrogen-bond donors (Lipinski definition) is 2. The fraction of sp³-hybridized carbons (Fsp3) is 0.188. The van der Waals surface area contributed by atoms with Crippen molar-refractivity contribution in [1.82, 2.24) is 0 Å². The van der Waals surface area contributed by atoms with E-state index in [0.29, 0.717) is 17.0 Å². The highest BCUT2D eigenvalue weighted by atomic mass is 16.6. The first-order valence-electron chi connectivity index (χ1n) is 6.98. The third kappa shape index (κ3) is 2.94. The van der Waals surface area contributed by atoms with Crippen molar-refractivity contribution in [3.63, 3.8) is 0 Å². The summed E-state index contributed by atoms with van der Waals surface area (Å²) in [6.45, 7) is 1.83. The lowest BCUT2D eigenvalue weighted by Gasteiger charge is -2.26. The Bertz CT molecular complexity index is 803. The Morgan fingerprint density at radius 1 is 1.30 bits per heavy atom. The number of anilines is 1. The minimum absolute atomic E-state index is 0.0212. The van der Waals surface area contributed by atoms with E-state index in [9.17, 15) is 20.0 Å². The molecule has 118 valence electrons. The van der Waals surface area contributed by atoms with Crippen LogP contribution in [0.15, 0.2) is 36.4 Å². The van der Waals surface area contributed by atoms with Gasteiger partial charge in [0.05, 0.1) is 10.6 Å². The highest BCUT2D eigenvalue weighted by Gasteiger charge is 2.28. The van der Waals surface area contributed by atoms with E-state index < -0.39 is 11.0 Å². The number of rotatable bonds is 3. The number of non-ortho nitro benzene ring substituents is 1. The van der Waals surface area contributed by atoms with Crippen LogP contribution in [0.1, 0.15) is 11.1 Å². The van der Waals surface area contributed by atoms with E-state index in [0.717, 1.165) is 5.56 Å². The van der Waals surface area contributed by atoms with E-state index in [-0.39, 0.29) is 23.8 Å². The smallest absolute Gasteiger partial charge is 0.269 e. The zero-order chi connectivity index (χ0) is 16.6. The molecule has 0 bridgehead atoms. The molecule has 0 aliphatic carbocycles. The highest BCUT2D eigenvalue weighted by molar-refractivity contribution is 5.98. The van der Waals surface area contributed by atoms with Gasteiger partial charge in [-0.15, -0.1) is 0 Å². The summed E-state index contributed by atoms with van der Waals surface area (Å²) in [7, 11) is 0. The molecule has 0 radical (unpaired) electrons. The molecule has 0 spiro atoms. The third-order valence-electron chi connectivity index (χ3n) is 3.73. The van der Waals surface area contributed by atoms with E-state index in [1.54, 1.807) is 12.1 Å². The molecule has 3 rings (SSSR count). The highest BCUT2D eigenvalue weighted by Crippen LogP contribution is 2.33. The number of amides is 1.